The topological polar surface area (TPSA) is 35.5 Å². The lowest BCUT2D eigenvalue weighted by atomic mass is 10.1. The van der Waals surface area contributed by atoms with Gasteiger partial charge < -0.3 is 9.47 Å². The molecule has 0 aromatic heterocycles. The lowest BCUT2D eigenvalue weighted by Crippen LogP contribution is -2.30. The van der Waals surface area contributed by atoms with Crippen LogP contribution in [0.3, 0.4) is 0 Å². The summed E-state index contributed by atoms with van der Waals surface area (Å²) < 4.78 is 11.7. The van der Waals surface area contributed by atoms with Gasteiger partial charge >= 0.3 is 5.97 Å². The summed E-state index contributed by atoms with van der Waals surface area (Å²) in [7, 11) is -0.212. The Morgan fingerprint density at radius 3 is 1.84 bits per heavy atom. The molecule has 3 aromatic rings. The number of hydrogen-bond donors (Lipinski definition) is 0. The second-order valence-corrected chi connectivity index (χ2v) is 10.8. The van der Waals surface area contributed by atoms with Gasteiger partial charge in [-0.3, -0.25) is 0 Å². The van der Waals surface area contributed by atoms with Crippen LogP contribution in [0, 0.1) is 13.8 Å². The Morgan fingerprint density at radius 2 is 1.34 bits per heavy atom. The summed E-state index contributed by atoms with van der Waals surface area (Å²) in [5.41, 5.74) is 1.74. The van der Waals surface area contributed by atoms with Gasteiger partial charge in [-0.05, 0) is 81.8 Å². The maximum Gasteiger partial charge on any atom is 0.344 e. The molecule has 3 nitrogen and oxygen atoms in total. The van der Waals surface area contributed by atoms with Crippen molar-refractivity contribution >= 4 is 16.9 Å². The van der Waals surface area contributed by atoms with Gasteiger partial charge in [0.15, 0.2) is 21.3 Å². The van der Waals surface area contributed by atoms with Gasteiger partial charge in [-0.25, -0.2) is 4.79 Å². The number of hydrogen-bond acceptors (Lipinski definition) is 3. The van der Waals surface area contributed by atoms with E-state index in [0.29, 0.717) is 0 Å². The first-order valence-electron chi connectivity index (χ1n) is 11.3. The second-order valence-electron chi connectivity index (χ2n) is 8.74. The van der Waals surface area contributed by atoms with E-state index in [1.165, 1.54) is 14.7 Å². The van der Waals surface area contributed by atoms with Gasteiger partial charge in [0.2, 0.25) is 0 Å². The molecule has 4 rings (SSSR count). The lowest BCUT2D eigenvalue weighted by molar-refractivity contribution is -0.159. The predicted molar refractivity (Wildman–Crippen MR) is 129 cm³/mol. The molecule has 32 heavy (non-hydrogen) atoms. The highest BCUT2D eigenvalue weighted by atomic mass is 32.2. The molecular formula is C28H31O3S+. The minimum Gasteiger partial charge on any atom is -0.481 e. The van der Waals surface area contributed by atoms with Gasteiger partial charge in [0, 0.05) is 12.1 Å². The number of carbonyl (C=O) groups is 1. The van der Waals surface area contributed by atoms with E-state index in [9.17, 15) is 4.79 Å². The van der Waals surface area contributed by atoms with Crippen LogP contribution in [-0.2, 0) is 20.4 Å². The maximum atomic E-state index is 12.4. The molecule has 4 heteroatoms. The number of benzene rings is 3. The molecule has 1 aliphatic carbocycles. The Bertz CT molecular complexity index is 994. The fourth-order valence-corrected chi connectivity index (χ4v) is 6.70. The van der Waals surface area contributed by atoms with Crippen LogP contribution in [0.1, 0.15) is 43.7 Å². The van der Waals surface area contributed by atoms with Crippen LogP contribution < -0.4 is 4.74 Å². The Morgan fingerprint density at radius 1 is 0.844 bits per heavy atom. The molecule has 0 spiro atoms. The van der Waals surface area contributed by atoms with Gasteiger partial charge in [-0.2, -0.15) is 0 Å². The van der Waals surface area contributed by atoms with E-state index in [2.05, 4.69) is 72.8 Å². The first-order valence-corrected chi connectivity index (χ1v) is 12.5. The summed E-state index contributed by atoms with van der Waals surface area (Å²) in [5.74, 6) is 0.484. The molecule has 0 atom stereocenters. The molecule has 0 N–H and O–H groups in total. The molecule has 0 amide bonds. The van der Waals surface area contributed by atoms with Gasteiger partial charge in [-0.15, -0.1) is 0 Å². The third-order valence-electron chi connectivity index (χ3n) is 5.98. The normalized spacial score (nSPS) is 15.0. The second kappa shape index (κ2) is 9.83. The molecule has 3 aromatic carbocycles. The highest BCUT2D eigenvalue weighted by Gasteiger charge is 2.33. The van der Waals surface area contributed by atoms with Crippen LogP contribution in [0.25, 0.3) is 0 Å². The molecule has 0 aliphatic heterocycles. The van der Waals surface area contributed by atoms with Crippen molar-refractivity contribution in [3.63, 3.8) is 0 Å². The van der Waals surface area contributed by atoms with E-state index >= 15 is 0 Å². The third kappa shape index (κ3) is 5.18. The predicted octanol–water partition coefficient (Wildman–Crippen LogP) is 6.65. The average Bonchev–Trinajstić information content (AvgIpc) is 3.20. The fraction of sp³-hybridized carbons (Fsp3) is 0.321. The minimum absolute atomic E-state index is 0.0559. The molecule has 0 bridgehead atoms. The molecule has 0 saturated heterocycles. The number of carbonyl (C=O) groups excluding carboxylic acids is 1. The van der Waals surface area contributed by atoms with Crippen LogP contribution in [0.5, 0.6) is 5.75 Å². The van der Waals surface area contributed by atoms with Crippen LogP contribution in [0.4, 0.5) is 0 Å². The Labute approximate surface area is 194 Å². The number of ether oxygens (including phenoxy) is 2. The molecular weight excluding hydrogens is 416 g/mol. The highest BCUT2D eigenvalue weighted by Crippen LogP contribution is 2.36. The molecule has 1 aliphatic rings. The Kier molecular flexibility index (Phi) is 6.90. The first-order chi connectivity index (χ1) is 15.5. The van der Waals surface area contributed by atoms with Gasteiger partial charge in [-0.1, -0.05) is 36.4 Å². The third-order valence-corrected chi connectivity index (χ3v) is 8.18. The Balaban J connectivity index is 1.56. The quantitative estimate of drug-likeness (QED) is 0.300. The lowest BCUT2D eigenvalue weighted by Gasteiger charge is -2.24. The van der Waals surface area contributed by atoms with Crippen molar-refractivity contribution in [1.29, 1.82) is 0 Å². The van der Waals surface area contributed by atoms with Crippen LogP contribution in [0.2, 0.25) is 0 Å². The number of esters is 1. The Hall–Kier alpha value is -2.72. The van der Waals surface area contributed by atoms with E-state index < -0.39 is 0 Å². The summed E-state index contributed by atoms with van der Waals surface area (Å²) in [6.07, 6.45) is 4.11. The monoisotopic (exact) mass is 447 g/mol. The molecule has 1 saturated carbocycles. The molecule has 0 unspecified atom stereocenters. The van der Waals surface area contributed by atoms with Gasteiger partial charge in [0.25, 0.3) is 0 Å². The molecule has 166 valence electrons. The van der Waals surface area contributed by atoms with Crippen molar-refractivity contribution in [3.8, 4) is 5.75 Å². The van der Waals surface area contributed by atoms with Crippen LogP contribution >= 0.6 is 0 Å². The molecule has 0 heterocycles. The van der Waals surface area contributed by atoms with Crippen LogP contribution in [-0.4, -0.2) is 18.2 Å². The summed E-state index contributed by atoms with van der Waals surface area (Å²) in [6.45, 7) is 6.07. The van der Waals surface area contributed by atoms with Crippen molar-refractivity contribution in [2.45, 2.75) is 66.7 Å². The summed E-state index contributed by atoms with van der Waals surface area (Å²) in [6, 6.07) is 25.6. The van der Waals surface area contributed by atoms with E-state index in [1.54, 1.807) is 0 Å². The fourth-order valence-electron chi connectivity index (χ4n) is 4.44. The standard InChI is InChI=1S/C28H31O3S/c1-21-18-25(32(23-12-6-4-7-13-23)24-14-8-5-9-15-24)19-22(2)27(21)30-20-26(29)31-28(3)16-10-11-17-28/h4-9,12-15,18-19H,10-11,16-17,20H2,1-3H3/q+1. The van der Waals surface area contributed by atoms with Gasteiger partial charge in [0.1, 0.15) is 11.4 Å². The maximum absolute atomic E-state index is 12.4. The SMILES string of the molecule is Cc1cc([S+](c2ccccc2)c2ccccc2)cc(C)c1OCC(=O)OC1(C)CCCC1. The van der Waals surface area contributed by atoms with E-state index in [-0.39, 0.29) is 29.1 Å². The molecule has 0 radical (unpaired) electrons. The highest BCUT2D eigenvalue weighted by molar-refractivity contribution is 7.97. The smallest absolute Gasteiger partial charge is 0.344 e. The van der Waals surface area contributed by atoms with Gasteiger partial charge in [0.05, 0.1) is 10.9 Å². The number of rotatable bonds is 7. The summed E-state index contributed by atoms with van der Waals surface area (Å²) in [5, 5.41) is 0. The molecule has 1 fully saturated rings. The minimum atomic E-state index is -0.325. The van der Waals surface area contributed by atoms with E-state index in [4.69, 9.17) is 9.47 Å². The van der Waals surface area contributed by atoms with E-state index in [0.717, 1.165) is 42.6 Å². The van der Waals surface area contributed by atoms with Crippen molar-refractivity contribution in [1.82, 2.24) is 0 Å². The van der Waals surface area contributed by atoms with Crippen molar-refractivity contribution in [2.75, 3.05) is 6.61 Å². The van der Waals surface area contributed by atoms with Crippen molar-refractivity contribution < 1.29 is 14.3 Å². The average molecular weight is 448 g/mol. The van der Waals surface area contributed by atoms with E-state index in [1.807, 2.05) is 20.8 Å². The number of aryl methyl sites for hydroxylation is 2. The largest absolute Gasteiger partial charge is 0.481 e. The first kappa shape index (κ1) is 22.5. The van der Waals surface area contributed by atoms with Crippen molar-refractivity contribution in [3.05, 3.63) is 83.9 Å². The zero-order chi connectivity index (χ0) is 22.6. The van der Waals surface area contributed by atoms with Crippen molar-refractivity contribution in [2.24, 2.45) is 0 Å². The summed E-state index contributed by atoms with van der Waals surface area (Å²) in [4.78, 5) is 16.2. The summed E-state index contributed by atoms with van der Waals surface area (Å²) >= 11 is 0. The zero-order valence-corrected chi connectivity index (χ0v) is 19.9. The van der Waals surface area contributed by atoms with Crippen LogP contribution in [0.15, 0.2) is 87.5 Å². The zero-order valence-electron chi connectivity index (χ0n) is 19.1.